The second-order valence-electron chi connectivity index (χ2n) is 3.56. The summed E-state index contributed by atoms with van der Waals surface area (Å²) in [6.07, 6.45) is 1.61. The lowest BCUT2D eigenvalue weighted by atomic mass is 10.3. The predicted octanol–water partition coefficient (Wildman–Crippen LogP) is 3.15. The quantitative estimate of drug-likeness (QED) is 0.872. The van der Waals surface area contributed by atoms with E-state index in [0.29, 0.717) is 16.3 Å². The predicted molar refractivity (Wildman–Crippen MR) is 70.7 cm³/mol. The molecule has 1 aromatic carbocycles. The normalized spacial score (nSPS) is 10.2. The summed E-state index contributed by atoms with van der Waals surface area (Å²) in [6.45, 7) is 0. The van der Waals surface area contributed by atoms with E-state index in [4.69, 9.17) is 4.74 Å². The lowest BCUT2D eigenvalue weighted by Gasteiger charge is -2.17. The van der Waals surface area contributed by atoms with Crippen molar-refractivity contribution in [3.05, 3.63) is 40.8 Å². The SMILES string of the molecule is COc1nc(N(C)c2ccc(F)cc2)ncc1Br. The van der Waals surface area contributed by atoms with Crippen LogP contribution in [0.1, 0.15) is 0 Å². The van der Waals surface area contributed by atoms with Crippen LogP contribution >= 0.6 is 15.9 Å². The molecule has 0 amide bonds. The molecule has 0 saturated heterocycles. The zero-order chi connectivity index (χ0) is 13.1. The summed E-state index contributed by atoms with van der Waals surface area (Å²) in [6, 6.07) is 6.10. The number of hydrogen-bond acceptors (Lipinski definition) is 4. The van der Waals surface area contributed by atoms with Crippen molar-refractivity contribution in [2.24, 2.45) is 0 Å². The maximum Gasteiger partial charge on any atom is 0.232 e. The van der Waals surface area contributed by atoms with Gasteiger partial charge in [0.2, 0.25) is 11.8 Å². The van der Waals surface area contributed by atoms with E-state index in [1.54, 1.807) is 30.3 Å². The third-order valence-electron chi connectivity index (χ3n) is 2.41. The highest BCUT2D eigenvalue weighted by Gasteiger charge is 2.10. The molecule has 0 aliphatic heterocycles. The number of nitrogens with zero attached hydrogens (tertiary/aromatic N) is 3. The third kappa shape index (κ3) is 2.59. The number of aromatic nitrogens is 2. The van der Waals surface area contributed by atoms with Gasteiger partial charge in [-0.25, -0.2) is 9.37 Å². The monoisotopic (exact) mass is 311 g/mol. The Morgan fingerprint density at radius 2 is 1.94 bits per heavy atom. The van der Waals surface area contributed by atoms with E-state index < -0.39 is 0 Å². The molecule has 18 heavy (non-hydrogen) atoms. The summed E-state index contributed by atoms with van der Waals surface area (Å²) in [5.41, 5.74) is 0.792. The van der Waals surface area contributed by atoms with E-state index in [0.717, 1.165) is 5.69 Å². The zero-order valence-electron chi connectivity index (χ0n) is 9.89. The van der Waals surface area contributed by atoms with E-state index in [9.17, 15) is 4.39 Å². The minimum Gasteiger partial charge on any atom is -0.480 e. The fourth-order valence-electron chi connectivity index (χ4n) is 1.43. The van der Waals surface area contributed by atoms with Gasteiger partial charge in [0.1, 0.15) is 5.82 Å². The van der Waals surface area contributed by atoms with Crippen LogP contribution < -0.4 is 9.64 Å². The highest BCUT2D eigenvalue weighted by atomic mass is 79.9. The molecule has 1 heterocycles. The van der Waals surface area contributed by atoms with Gasteiger partial charge in [0, 0.05) is 12.7 Å². The molecule has 0 aliphatic rings. The molecule has 0 aliphatic carbocycles. The Labute approximate surface area is 113 Å². The summed E-state index contributed by atoms with van der Waals surface area (Å²) >= 11 is 3.29. The lowest BCUT2D eigenvalue weighted by Crippen LogP contribution is -2.13. The number of benzene rings is 1. The first-order valence-electron chi connectivity index (χ1n) is 5.17. The molecule has 0 atom stereocenters. The van der Waals surface area contributed by atoms with Crippen LogP contribution in [0.25, 0.3) is 0 Å². The molecule has 94 valence electrons. The van der Waals surface area contributed by atoms with Crippen LogP contribution in [0.15, 0.2) is 34.9 Å². The van der Waals surface area contributed by atoms with Crippen LogP contribution in [-0.2, 0) is 0 Å². The number of methoxy groups -OCH3 is 1. The van der Waals surface area contributed by atoms with Gasteiger partial charge in [-0.05, 0) is 40.2 Å². The molecule has 0 unspecified atom stereocenters. The first kappa shape index (κ1) is 12.8. The summed E-state index contributed by atoms with van der Waals surface area (Å²) in [7, 11) is 3.34. The third-order valence-corrected chi connectivity index (χ3v) is 2.95. The topological polar surface area (TPSA) is 38.2 Å². The molecule has 2 aromatic rings. The van der Waals surface area contributed by atoms with Crippen molar-refractivity contribution in [3.63, 3.8) is 0 Å². The van der Waals surface area contributed by atoms with Crippen molar-refractivity contribution in [2.75, 3.05) is 19.1 Å². The second kappa shape index (κ2) is 5.30. The van der Waals surface area contributed by atoms with Crippen molar-refractivity contribution in [1.82, 2.24) is 9.97 Å². The van der Waals surface area contributed by atoms with Gasteiger partial charge in [-0.1, -0.05) is 0 Å². The molecule has 0 N–H and O–H groups in total. The molecule has 0 saturated carbocycles. The standard InChI is InChI=1S/C12H11BrFN3O/c1-17(9-5-3-8(14)4-6-9)12-15-7-10(13)11(16-12)18-2/h3-7H,1-2H3. The van der Waals surface area contributed by atoms with E-state index in [-0.39, 0.29) is 5.82 Å². The Kier molecular flexibility index (Phi) is 3.76. The number of hydrogen-bond donors (Lipinski definition) is 0. The summed E-state index contributed by atoms with van der Waals surface area (Å²) < 4.78 is 18.6. The smallest absolute Gasteiger partial charge is 0.232 e. The highest BCUT2D eigenvalue weighted by Crippen LogP contribution is 2.26. The van der Waals surface area contributed by atoms with Crippen LogP contribution in [0.5, 0.6) is 5.88 Å². The van der Waals surface area contributed by atoms with Crippen LogP contribution in [0.2, 0.25) is 0 Å². The van der Waals surface area contributed by atoms with Crippen LogP contribution in [0, 0.1) is 5.82 Å². The Hall–Kier alpha value is -1.69. The number of ether oxygens (including phenoxy) is 1. The molecule has 1 aromatic heterocycles. The Bertz CT molecular complexity index is 548. The number of halogens is 2. The maximum atomic E-state index is 12.8. The average molecular weight is 312 g/mol. The molecular weight excluding hydrogens is 301 g/mol. The van der Waals surface area contributed by atoms with Gasteiger partial charge >= 0.3 is 0 Å². The minimum atomic E-state index is -0.276. The van der Waals surface area contributed by atoms with E-state index in [1.165, 1.54) is 19.2 Å². The van der Waals surface area contributed by atoms with Crippen LogP contribution in [-0.4, -0.2) is 24.1 Å². The van der Waals surface area contributed by atoms with Gasteiger partial charge in [-0.2, -0.15) is 4.98 Å². The molecule has 0 bridgehead atoms. The van der Waals surface area contributed by atoms with Gasteiger partial charge in [-0.3, -0.25) is 0 Å². The van der Waals surface area contributed by atoms with Crippen molar-refractivity contribution in [2.45, 2.75) is 0 Å². The molecule has 6 heteroatoms. The average Bonchev–Trinajstić information content (AvgIpc) is 2.39. The number of rotatable bonds is 3. The Balaban J connectivity index is 2.33. The Morgan fingerprint density at radius 3 is 2.56 bits per heavy atom. The van der Waals surface area contributed by atoms with Gasteiger partial charge in [0.25, 0.3) is 0 Å². The second-order valence-corrected chi connectivity index (χ2v) is 4.42. The molecule has 2 rings (SSSR count). The molecular formula is C12H11BrFN3O. The number of anilines is 2. The van der Waals surface area contributed by atoms with Crippen molar-refractivity contribution in [1.29, 1.82) is 0 Å². The molecule has 0 radical (unpaired) electrons. The fourth-order valence-corrected chi connectivity index (χ4v) is 1.78. The van der Waals surface area contributed by atoms with Gasteiger partial charge < -0.3 is 9.64 Å². The lowest BCUT2D eigenvalue weighted by molar-refractivity contribution is 0.394. The van der Waals surface area contributed by atoms with E-state index in [1.807, 2.05) is 0 Å². The molecule has 0 fully saturated rings. The first-order chi connectivity index (χ1) is 8.61. The molecule has 0 spiro atoms. The van der Waals surface area contributed by atoms with Crippen molar-refractivity contribution >= 4 is 27.6 Å². The van der Waals surface area contributed by atoms with Crippen LogP contribution in [0.4, 0.5) is 16.0 Å². The van der Waals surface area contributed by atoms with Gasteiger partial charge in [0.15, 0.2) is 0 Å². The van der Waals surface area contributed by atoms with Crippen molar-refractivity contribution < 1.29 is 9.13 Å². The Morgan fingerprint density at radius 1 is 1.28 bits per heavy atom. The van der Waals surface area contributed by atoms with Gasteiger partial charge in [0.05, 0.1) is 17.8 Å². The fraction of sp³-hybridized carbons (Fsp3) is 0.167. The van der Waals surface area contributed by atoms with Crippen LogP contribution in [0.3, 0.4) is 0 Å². The van der Waals surface area contributed by atoms with E-state index >= 15 is 0 Å². The first-order valence-corrected chi connectivity index (χ1v) is 5.97. The summed E-state index contributed by atoms with van der Waals surface area (Å²) in [5, 5.41) is 0. The zero-order valence-corrected chi connectivity index (χ0v) is 11.5. The van der Waals surface area contributed by atoms with Gasteiger partial charge in [-0.15, -0.1) is 0 Å². The minimum absolute atomic E-state index is 0.276. The van der Waals surface area contributed by atoms with Crippen molar-refractivity contribution in [3.8, 4) is 5.88 Å². The van der Waals surface area contributed by atoms with E-state index in [2.05, 4.69) is 25.9 Å². The largest absolute Gasteiger partial charge is 0.480 e. The maximum absolute atomic E-state index is 12.8. The highest BCUT2D eigenvalue weighted by molar-refractivity contribution is 9.10. The summed E-state index contributed by atoms with van der Waals surface area (Å²) in [5.74, 6) is 0.650. The summed E-state index contributed by atoms with van der Waals surface area (Å²) in [4.78, 5) is 10.2. The molecule has 4 nitrogen and oxygen atoms in total.